The van der Waals surface area contributed by atoms with E-state index in [1.165, 1.54) is 22.3 Å². The zero-order chi connectivity index (χ0) is 13.5. The van der Waals surface area contributed by atoms with E-state index in [9.17, 15) is 0 Å². The highest BCUT2D eigenvalue weighted by Gasteiger charge is 2.34. The fourth-order valence-corrected chi connectivity index (χ4v) is 3.05. The monoisotopic (exact) mass is 251 g/mol. The maximum absolute atomic E-state index is 6.66. The Morgan fingerprint density at radius 3 is 1.89 bits per heavy atom. The summed E-state index contributed by atoms with van der Waals surface area (Å²) in [6.45, 7) is 4.44. The molecule has 2 aromatic carbocycles. The fourth-order valence-electron chi connectivity index (χ4n) is 3.05. The topological polar surface area (TPSA) is 26.0 Å². The minimum atomic E-state index is -0.223. The van der Waals surface area contributed by atoms with Crippen LogP contribution >= 0.6 is 0 Å². The molecule has 0 radical (unpaired) electrons. The second kappa shape index (κ2) is 4.50. The predicted molar refractivity (Wildman–Crippen MR) is 80.2 cm³/mol. The van der Waals surface area contributed by atoms with Crippen molar-refractivity contribution >= 4 is 0 Å². The molecule has 98 valence electrons. The van der Waals surface area contributed by atoms with Crippen LogP contribution in [0.15, 0.2) is 48.5 Å². The Kier molecular flexibility index (Phi) is 2.94. The normalized spacial score (nSPS) is 16.6. The molecule has 0 fully saturated rings. The highest BCUT2D eigenvalue weighted by atomic mass is 14.8. The summed E-state index contributed by atoms with van der Waals surface area (Å²) in [4.78, 5) is 0. The van der Waals surface area contributed by atoms with Gasteiger partial charge in [-0.1, -0.05) is 62.4 Å². The molecule has 1 aliphatic carbocycles. The summed E-state index contributed by atoms with van der Waals surface area (Å²) in [5, 5.41) is 0. The van der Waals surface area contributed by atoms with Crippen molar-refractivity contribution < 1.29 is 0 Å². The minimum Gasteiger partial charge on any atom is -0.321 e. The molecule has 0 aliphatic heterocycles. The first-order valence-corrected chi connectivity index (χ1v) is 7.04. The van der Waals surface area contributed by atoms with Gasteiger partial charge in [0.25, 0.3) is 0 Å². The maximum atomic E-state index is 6.66. The molecule has 1 aliphatic rings. The lowest BCUT2D eigenvalue weighted by Crippen LogP contribution is -2.37. The van der Waals surface area contributed by atoms with Gasteiger partial charge in [0.1, 0.15) is 0 Å². The van der Waals surface area contributed by atoms with Crippen LogP contribution in [0.3, 0.4) is 0 Å². The van der Waals surface area contributed by atoms with Gasteiger partial charge in [-0.3, -0.25) is 0 Å². The third kappa shape index (κ3) is 2.19. The van der Waals surface area contributed by atoms with Crippen molar-refractivity contribution in [1.29, 1.82) is 0 Å². The molecular formula is C18H21N. The van der Waals surface area contributed by atoms with E-state index in [1.54, 1.807) is 0 Å². The van der Waals surface area contributed by atoms with Crippen molar-refractivity contribution in [2.24, 2.45) is 5.73 Å². The van der Waals surface area contributed by atoms with Gasteiger partial charge in [-0.2, -0.15) is 0 Å². The number of fused-ring (bicyclic) bond motifs is 1. The Morgan fingerprint density at radius 1 is 0.895 bits per heavy atom. The molecule has 1 nitrogen and oxygen atoms in total. The SMILES string of the molecule is CC(C)c1ccc(C2(N)Cc3ccccc3C2)cc1. The fraction of sp³-hybridized carbons (Fsp3) is 0.333. The first-order chi connectivity index (χ1) is 9.08. The lowest BCUT2D eigenvalue weighted by Gasteiger charge is -2.25. The van der Waals surface area contributed by atoms with Gasteiger partial charge in [0.2, 0.25) is 0 Å². The molecule has 1 heteroatoms. The molecule has 0 spiro atoms. The van der Waals surface area contributed by atoms with Crippen LogP contribution in [0.25, 0.3) is 0 Å². The quantitative estimate of drug-likeness (QED) is 0.864. The van der Waals surface area contributed by atoms with Crippen LogP contribution in [0, 0.1) is 0 Å². The summed E-state index contributed by atoms with van der Waals surface area (Å²) in [6, 6.07) is 17.5. The van der Waals surface area contributed by atoms with Gasteiger partial charge in [0, 0.05) is 5.54 Å². The van der Waals surface area contributed by atoms with Gasteiger partial charge in [-0.05, 0) is 41.0 Å². The average Bonchev–Trinajstić information content (AvgIpc) is 2.76. The zero-order valence-corrected chi connectivity index (χ0v) is 11.7. The molecule has 0 atom stereocenters. The Morgan fingerprint density at radius 2 is 1.42 bits per heavy atom. The first kappa shape index (κ1) is 12.4. The lowest BCUT2D eigenvalue weighted by atomic mass is 9.87. The van der Waals surface area contributed by atoms with Gasteiger partial charge >= 0.3 is 0 Å². The summed E-state index contributed by atoms with van der Waals surface area (Å²) < 4.78 is 0. The van der Waals surface area contributed by atoms with E-state index in [0.29, 0.717) is 5.92 Å². The highest BCUT2D eigenvalue weighted by Crippen LogP contribution is 2.35. The van der Waals surface area contributed by atoms with E-state index in [1.807, 2.05) is 0 Å². The van der Waals surface area contributed by atoms with Crippen molar-refractivity contribution in [3.8, 4) is 0 Å². The third-order valence-electron chi connectivity index (χ3n) is 4.28. The predicted octanol–water partition coefficient (Wildman–Crippen LogP) is 3.76. The molecule has 0 heterocycles. The summed E-state index contributed by atoms with van der Waals surface area (Å²) in [5.41, 5.74) is 11.9. The smallest absolute Gasteiger partial charge is 0.0491 e. The molecule has 3 rings (SSSR count). The maximum Gasteiger partial charge on any atom is 0.0491 e. The van der Waals surface area contributed by atoms with E-state index >= 15 is 0 Å². The van der Waals surface area contributed by atoms with Crippen LogP contribution in [0.4, 0.5) is 0 Å². The Balaban J connectivity index is 1.91. The zero-order valence-electron chi connectivity index (χ0n) is 11.7. The molecule has 2 N–H and O–H groups in total. The molecule has 0 aromatic heterocycles. The highest BCUT2D eigenvalue weighted by molar-refractivity contribution is 5.41. The van der Waals surface area contributed by atoms with Crippen molar-refractivity contribution in [2.75, 3.05) is 0 Å². The van der Waals surface area contributed by atoms with E-state index in [-0.39, 0.29) is 5.54 Å². The Bertz CT molecular complexity index is 556. The lowest BCUT2D eigenvalue weighted by molar-refractivity contribution is 0.473. The van der Waals surface area contributed by atoms with Gasteiger partial charge in [-0.15, -0.1) is 0 Å². The average molecular weight is 251 g/mol. The van der Waals surface area contributed by atoms with E-state index in [0.717, 1.165) is 12.8 Å². The van der Waals surface area contributed by atoms with Crippen molar-refractivity contribution in [3.63, 3.8) is 0 Å². The van der Waals surface area contributed by atoms with Crippen LogP contribution in [-0.2, 0) is 18.4 Å². The minimum absolute atomic E-state index is 0.223. The number of rotatable bonds is 2. The van der Waals surface area contributed by atoms with Crippen LogP contribution in [-0.4, -0.2) is 0 Å². The number of benzene rings is 2. The molecule has 0 bridgehead atoms. The summed E-state index contributed by atoms with van der Waals surface area (Å²) in [7, 11) is 0. The Hall–Kier alpha value is -1.60. The van der Waals surface area contributed by atoms with Crippen LogP contribution in [0.5, 0.6) is 0 Å². The molecule has 0 amide bonds. The van der Waals surface area contributed by atoms with Crippen LogP contribution < -0.4 is 5.73 Å². The molecule has 0 saturated heterocycles. The van der Waals surface area contributed by atoms with Gasteiger partial charge in [0.05, 0.1) is 0 Å². The van der Waals surface area contributed by atoms with Crippen molar-refractivity contribution in [3.05, 3.63) is 70.8 Å². The van der Waals surface area contributed by atoms with E-state index in [2.05, 4.69) is 62.4 Å². The second-order valence-corrected chi connectivity index (χ2v) is 6.06. The standard InChI is InChI=1S/C18H21N/c1-13(2)14-7-9-17(10-8-14)18(19)11-15-5-3-4-6-16(15)12-18/h3-10,13H,11-12,19H2,1-2H3. The van der Waals surface area contributed by atoms with Crippen LogP contribution in [0.1, 0.15) is 42.0 Å². The number of nitrogens with two attached hydrogens (primary N) is 1. The largest absolute Gasteiger partial charge is 0.321 e. The third-order valence-corrected chi connectivity index (χ3v) is 4.28. The van der Waals surface area contributed by atoms with Crippen molar-refractivity contribution in [1.82, 2.24) is 0 Å². The number of hydrogen-bond donors (Lipinski definition) is 1. The summed E-state index contributed by atoms with van der Waals surface area (Å²) >= 11 is 0. The van der Waals surface area contributed by atoms with Crippen molar-refractivity contribution in [2.45, 2.75) is 38.1 Å². The molecule has 0 saturated carbocycles. The van der Waals surface area contributed by atoms with Gasteiger partial charge < -0.3 is 5.73 Å². The summed E-state index contributed by atoms with van der Waals surface area (Å²) in [5.74, 6) is 0.573. The van der Waals surface area contributed by atoms with Gasteiger partial charge in [-0.25, -0.2) is 0 Å². The van der Waals surface area contributed by atoms with Gasteiger partial charge in [0.15, 0.2) is 0 Å². The molecule has 0 unspecified atom stereocenters. The second-order valence-electron chi connectivity index (χ2n) is 6.06. The molecule has 19 heavy (non-hydrogen) atoms. The van der Waals surface area contributed by atoms with Crippen LogP contribution in [0.2, 0.25) is 0 Å². The number of hydrogen-bond acceptors (Lipinski definition) is 1. The summed E-state index contributed by atoms with van der Waals surface area (Å²) in [6.07, 6.45) is 1.90. The van der Waals surface area contributed by atoms with E-state index < -0.39 is 0 Å². The molecular weight excluding hydrogens is 230 g/mol. The first-order valence-electron chi connectivity index (χ1n) is 7.04. The van der Waals surface area contributed by atoms with E-state index in [4.69, 9.17) is 5.73 Å². The Labute approximate surface area is 115 Å². The molecule has 2 aromatic rings.